The number of halogens is 1. The second kappa shape index (κ2) is 5.48. The fraction of sp³-hybridized carbons (Fsp3) is 0.533. The van der Waals surface area contributed by atoms with Crippen LogP contribution in [0.2, 0.25) is 0 Å². The Morgan fingerprint density at radius 1 is 1.33 bits per heavy atom. The largest absolute Gasteiger partial charge is 0.486 e. The fourth-order valence-electron chi connectivity index (χ4n) is 2.64. The maximum absolute atomic E-state index is 8.98. The molecule has 0 N–H and O–H groups in total. The Morgan fingerprint density at radius 2 is 2.00 bits per heavy atom. The molecule has 1 aliphatic carbocycles. The van der Waals surface area contributed by atoms with Gasteiger partial charge in [0.1, 0.15) is 11.4 Å². The predicted octanol–water partition coefficient (Wildman–Crippen LogP) is 4.51. The summed E-state index contributed by atoms with van der Waals surface area (Å²) in [5.41, 5.74) is 0.635. The quantitative estimate of drug-likeness (QED) is 0.748. The predicted molar refractivity (Wildman–Crippen MR) is 80.5 cm³/mol. The van der Waals surface area contributed by atoms with E-state index >= 15 is 0 Å². The van der Waals surface area contributed by atoms with Gasteiger partial charge in [-0.2, -0.15) is 5.26 Å². The standard InChI is InChI=1S/C15H18INO/c1-11(2)15(7-3-4-8-15)18-14-9-12(10-17)5-6-13(14)16/h5-6,9,11H,3-4,7-8H2,1-2H3. The summed E-state index contributed by atoms with van der Waals surface area (Å²) in [5, 5.41) is 8.98. The van der Waals surface area contributed by atoms with Crippen LogP contribution in [-0.2, 0) is 0 Å². The zero-order valence-corrected chi connectivity index (χ0v) is 13.0. The summed E-state index contributed by atoms with van der Waals surface area (Å²) in [6.07, 6.45) is 4.73. The molecule has 1 aromatic carbocycles. The molecule has 1 aromatic rings. The van der Waals surface area contributed by atoms with Gasteiger partial charge in [0.2, 0.25) is 0 Å². The summed E-state index contributed by atoms with van der Waals surface area (Å²) in [6.45, 7) is 4.46. The highest BCUT2D eigenvalue weighted by molar-refractivity contribution is 14.1. The minimum absolute atomic E-state index is 0.0337. The maximum atomic E-state index is 8.98. The Kier molecular flexibility index (Phi) is 4.16. The molecular formula is C15H18INO. The first kappa shape index (κ1) is 13.7. The first-order valence-electron chi connectivity index (χ1n) is 6.46. The Bertz CT molecular complexity index is 470. The van der Waals surface area contributed by atoms with Crippen molar-refractivity contribution in [2.45, 2.75) is 45.1 Å². The summed E-state index contributed by atoms with van der Waals surface area (Å²) < 4.78 is 7.42. The normalized spacial score (nSPS) is 17.7. The van der Waals surface area contributed by atoms with Crippen molar-refractivity contribution >= 4 is 22.6 Å². The van der Waals surface area contributed by atoms with Crippen molar-refractivity contribution in [3.8, 4) is 11.8 Å². The number of hydrogen-bond acceptors (Lipinski definition) is 2. The van der Waals surface area contributed by atoms with E-state index in [-0.39, 0.29) is 5.60 Å². The van der Waals surface area contributed by atoms with Gasteiger partial charge in [-0.15, -0.1) is 0 Å². The molecule has 0 amide bonds. The van der Waals surface area contributed by atoms with Crippen LogP contribution in [0.5, 0.6) is 5.75 Å². The Balaban J connectivity index is 2.30. The molecule has 0 aromatic heterocycles. The number of nitrogens with zero attached hydrogens (tertiary/aromatic N) is 1. The number of benzene rings is 1. The molecule has 1 aliphatic rings. The lowest BCUT2D eigenvalue weighted by molar-refractivity contribution is 0.0280. The molecule has 96 valence electrons. The van der Waals surface area contributed by atoms with Gasteiger partial charge in [-0.25, -0.2) is 0 Å². The van der Waals surface area contributed by atoms with Crippen LogP contribution < -0.4 is 4.74 Å². The molecule has 0 unspecified atom stereocenters. The molecule has 0 saturated heterocycles. The summed E-state index contributed by atoms with van der Waals surface area (Å²) in [7, 11) is 0. The maximum Gasteiger partial charge on any atom is 0.134 e. The van der Waals surface area contributed by atoms with Crippen LogP contribution in [0.1, 0.15) is 45.1 Å². The molecule has 0 aliphatic heterocycles. The van der Waals surface area contributed by atoms with Gasteiger partial charge in [0.15, 0.2) is 0 Å². The molecule has 2 rings (SSSR count). The zero-order valence-electron chi connectivity index (χ0n) is 10.9. The summed E-state index contributed by atoms with van der Waals surface area (Å²) in [6, 6.07) is 7.84. The van der Waals surface area contributed by atoms with Crippen LogP contribution in [0.4, 0.5) is 0 Å². The van der Waals surface area contributed by atoms with Crippen molar-refractivity contribution < 1.29 is 4.74 Å². The highest BCUT2D eigenvalue weighted by Crippen LogP contribution is 2.41. The van der Waals surface area contributed by atoms with Gasteiger partial charge in [-0.3, -0.25) is 0 Å². The van der Waals surface area contributed by atoms with Crippen molar-refractivity contribution in [3.63, 3.8) is 0 Å². The zero-order chi connectivity index (χ0) is 13.2. The second-order valence-corrected chi connectivity index (χ2v) is 6.45. The summed E-state index contributed by atoms with van der Waals surface area (Å²) >= 11 is 2.28. The van der Waals surface area contributed by atoms with Crippen LogP contribution in [0.15, 0.2) is 18.2 Å². The number of nitriles is 1. The third kappa shape index (κ3) is 2.64. The smallest absolute Gasteiger partial charge is 0.134 e. The Morgan fingerprint density at radius 3 is 2.56 bits per heavy atom. The molecule has 1 fully saturated rings. The van der Waals surface area contributed by atoms with Crippen molar-refractivity contribution in [2.24, 2.45) is 5.92 Å². The first-order valence-corrected chi connectivity index (χ1v) is 7.54. The molecular weight excluding hydrogens is 337 g/mol. The van der Waals surface area contributed by atoms with E-state index in [1.807, 2.05) is 18.2 Å². The summed E-state index contributed by atoms with van der Waals surface area (Å²) in [4.78, 5) is 0. The number of rotatable bonds is 3. The molecule has 0 atom stereocenters. The molecule has 0 bridgehead atoms. The van der Waals surface area contributed by atoms with Crippen molar-refractivity contribution in [3.05, 3.63) is 27.3 Å². The van der Waals surface area contributed by atoms with Crippen LogP contribution in [0.3, 0.4) is 0 Å². The molecule has 1 saturated carbocycles. The van der Waals surface area contributed by atoms with Gasteiger partial charge in [-0.05, 0) is 72.4 Å². The van der Waals surface area contributed by atoms with Crippen molar-refractivity contribution in [1.82, 2.24) is 0 Å². The minimum Gasteiger partial charge on any atom is -0.486 e. The van der Waals surface area contributed by atoms with Crippen molar-refractivity contribution in [1.29, 1.82) is 5.26 Å². The monoisotopic (exact) mass is 355 g/mol. The van der Waals surface area contributed by atoms with E-state index in [9.17, 15) is 0 Å². The molecule has 0 spiro atoms. The van der Waals surface area contributed by atoms with Crippen molar-refractivity contribution in [2.75, 3.05) is 0 Å². The average molecular weight is 355 g/mol. The third-order valence-corrected chi connectivity index (χ3v) is 4.77. The number of hydrogen-bond donors (Lipinski definition) is 0. The van der Waals surface area contributed by atoms with Crippen LogP contribution in [-0.4, -0.2) is 5.60 Å². The van der Waals surface area contributed by atoms with Crippen LogP contribution >= 0.6 is 22.6 Å². The number of ether oxygens (including phenoxy) is 1. The van der Waals surface area contributed by atoms with E-state index in [1.165, 1.54) is 12.8 Å². The summed E-state index contributed by atoms with van der Waals surface area (Å²) in [5.74, 6) is 1.37. The third-order valence-electron chi connectivity index (χ3n) is 3.88. The molecule has 3 heteroatoms. The highest BCUT2D eigenvalue weighted by atomic mass is 127. The molecule has 0 radical (unpaired) electrons. The van der Waals surface area contributed by atoms with Crippen LogP contribution in [0, 0.1) is 20.8 Å². The minimum atomic E-state index is -0.0337. The SMILES string of the molecule is CC(C)C1(Oc2cc(C#N)ccc2I)CCCC1. The van der Waals surface area contributed by atoms with Gasteiger partial charge in [0, 0.05) is 0 Å². The van der Waals surface area contributed by atoms with E-state index < -0.39 is 0 Å². The van der Waals surface area contributed by atoms with Gasteiger partial charge >= 0.3 is 0 Å². The van der Waals surface area contributed by atoms with E-state index in [1.54, 1.807) is 0 Å². The van der Waals surface area contributed by atoms with Gasteiger partial charge in [0.05, 0.1) is 15.2 Å². The molecule has 2 nitrogen and oxygen atoms in total. The lowest BCUT2D eigenvalue weighted by atomic mass is 9.88. The van der Waals surface area contributed by atoms with Gasteiger partial charge in [0.25, 0.3) is 0 Å². The van der Waals surface area contributed by atoms with Gasteiger partial charge < -0.3 is 4.74 Å². The lowest BCUT2D eigenvalue weighted by Gasteiger charge is -2.34. The first-order chi connectivity index (χ1) is 8.57. The van der Waals surface area contributed by atoms with E-state index in [0.717, 1.165) is 22.2 Å². The Hall–Kier alpha value is -0.760. The average Bonchev–Trinajstić information content (AvgIpc) is 2.82. The van der Waals surface area contributed by atoms with E-state index in [4.69, 9.17) is 10.00 Å². The van der Waals surface area contributed by atoms with E-state index in [2.05, 4.69) is 42.5 Å². The van der Waals surface area contributed by atoms with E-state index in [0.29, 0.717) is 11.5 Å². The Labute approximate surface area is 122 Å². The topological polar surface area (TPSA) is 33.0 Å². The van der Waals surface area contributed by atoms with Gasteiger partial charge in [-0.1, -0.05) is 13.8 Å². The lowest BCUT2D eigenvalue weighted by Crippen LogP contribution is -2.38. The fourth-order valence-corrected chi connectivity index (χ4v) is 3.09. The molecule has 0 heterocycles. The second-order valence-electron chi connectivity index (χ2n) is 5.29. The molecule has 18 heavy (non-hydrogen) atoms. The highest BCUT2D eigenvalue weighted by Gasteiger charge is 2.39. The van der Waals surface area contributed by atoms with Crippen LogP contribution in [0.25, 0.3) is 0 Å².